The van der Waals surface area contributed by atoms with Gasteiger partial charge < -0.3 is 15.3 Å². The molecule has 2 unspecified atom stereocenters. The van der Waals surface area contributed by atoms with E-state index >= 15 is 0 Å². The number of carbonyl (C=O) groups is 1. The van der Waals surface area contributed by atoms with Crippen LogP contribution in [0, 0.1) is 0 Å². The zero-order valence-electron chi connectivity index (χ0n) is 20.7. The van der Waals surface area contributed by atoms with Gasteiger partial charge in [-0.25, -0.2) is 0 Å². The van der Waals surface area contributed by atoms with Crippen LogP contribution in [0.5, 0.6) is 0 Å². The third-order valence-corrected chi connectivity index (χ3v) is 8.46. The fraction of sp³-hybridized carbons (Fsp3) is 0.448. The van der Waals surface area contributed by atoms with Gasteiger partial charge in [0.05, 0.1) is 11.3 Å². The predicted molar refractivity (Wildman–Crippen MR) is 142 cm³/mol. The molecule has 1 aliphatic carbocycles. The highest BCUT2D eigenvalue weighted by atomic mass is 32.1. The lowest BCUT2D eigenvalue weighted by molar-refractivity contribution is -0.135. The Labute approximate surface area is 212 Å². The quantitative estimate of drug-likeness (QED) is 0.510. The van der Waals surface area contributed by atoms with Gasteiger partial charge in [0.25, 0.3) is 0 Å². The zero-order valence-corrected chi connectivity index (χ0v) is 21.5. The van der Waals surface area contributed by atoms with Crippen molar-refractivity contribution < 1.29 is 9.90 Å². The molecule has 0 bridgehead atoms. The average Bonchev–Trinajstić information content (AvgIpc) is 3.54. The van der Waals surface area contributed by atoms with E-state index in [0.717, 1.165) is 24.1 Å². The van der Waals surface area contributed by atoms with Crippen molar-refractivity contribution in [3.05, 3.63) is 76.2 Å². The number of hydrogen-bond acceptors (Lipinski definition) is 5. The molecule has 5 rings (SSSR count). The summed E-state index contributed by atoms with van der Waals surface area (Å²) in [7, 11) is 2.02. The van der Waals surface area contributed by atoms with E-state index in [1.54, 1.807) is 0 Å². The molecule has 2 aromatic carbocycles. The largest absolute Gasteiger partial charge is 0.389 e. The summed E-state index contributed by atoms with van der Waals surface area (Å²) in [6.07, 6.45) is 4.37. The number of nitrogens with zero attached hydrogens (tertiary/aromatic N) is 2. The number of aliphatic hydroxyl groups is 1. The van der Waals surface area contributed by atoms with E-state index in [1.165, 1.54) is 33.8 Å². The maximum absolute atomic E-state index is 13.0. The lowest BCUT2D eigenvalue weighted by Crippen LogP contribution is -2.48. The number of benzene rings is 2. The zero-order chi connectivity index (χ0) is 24.4. The van der Waals surface area contributed by atoms with Crippen LogP contribution >= 0.6 is 11.5 Å². The van der Waals surface area contributed by atoms with E-state index in [4.69, 9.17) is 0 Å². The van der Waals surface area contributed by atoms with Gasteiger partial charge in [-0.3, -0.25) is 4.79 Å². The summed E-state index contributed by atoms with van der Waals surface area (Å²) < 4.78 is 4.61. The van der Waals surface area contributed by atoms with Gasteiger partial charge in [0.15, 0.2) is 0 Å². The molecular formula is C29H35N3O2S. The van der Waals surface area contributed by atoms with Gasteiger partial charge in [-0.05, 0) is 84.6 Å². The van der Waals surface area contributed by atoms with E-state index in [9.17, 15) is 9.90 Å². The Bertz CT molecular complexity index is 1150. The number of rotatable bonds is 7. The van der Waals surface area contributed by atoms with Crippen molar-refractivity contribution in [2.75, 3.05) is 20.1 Å². The van der Waals surface area contributed by atoms with Gasteiger partial charge in [-0.1, -0.05) is 43.3 Å². The standard InChI is InChI=1S/C29H35N3O2S/c1-20(21-6-4-3-5-7-21)14-28(33)32-11-9-29(34,10-12-32)19-24-15-22-16-25(30-2)17-23(22)18-26(24)27-8-13-35-31-27/h3-8,13,15,18,20,25,30,34H,9-12,14,16-17,19H2,1-2H3. The monoisotopic (exact) mass is 489 g/mol. The van der Waals surface area contributed by atoms with E-state index < -0.39 is 5.60 Å². The molecule has 1 aliphatic heterocycles. The normalized spacial score (nSPS) is 20.0. The Morgan fingerprint density at radius 3 is 2.54 bits per heavy atom. The van der Waals surface area contributed by atoms with Crippen LogP contribution in [0.2, 0.25) is 0 Å². The highest BCUT2D eigenvalue weighted by Crippen LogP contribution is 2.36. The summed E-state index contributed by atoms with van der Waals surface area (Å²) in [5, 5.41) is 17.0. The third kappa shape index (κ3) is 5.35. The molecule has 2 heterocycles. The second-order valence-electron chi connectivity index (χ2n) is 10.4. The number of piperidine rings is 1. The summed E-state index contributed by atoms with van der Waals surface area (Å²) in [6.45, 7) is 3.32. The Kier molecular flexibility index (Phi) is 7.05. The Morgan fingerprint density at radius 2 is 1.89 bits per heavy atom. The van der Waals surface area contributed by atoms with E-state index in [1.807, 2.05) is 35.5 Å². The van der Waals surface area contributed by atoms with E-state index in [0.29, 0.717) is 44.8 Å². The maximum Gasteiger partial charge on any atom is 0.223 e. The van der Waals surface area contributed by atoms with Crippen molar-refractivity contribution in [2.45, 2.75) is 63.0 Å². The fourth-order valence-electron chi connectivity index (χ4n) is 5.66. The first-order chi connectivity index (χ1) is 16.9. The molecule has 1 fully saturated rings. The fourth-order valence-corrected chi connectivity index (χ4v) is 6.18. The topological polar surface area (TPSA) is 65.5 Å². The van der Waals surface area contributed by atoms with Gasteiger partial charge in [-0.2, -0.15) is 4.37 Å². The van der Waals surface area contributed by atoms with Gasteiger partial charge >= 0.3 is 0 Å². The van der Waals surface area contributed by atoms with E-state index in [-0.39, 0.29) is 11.8 Å². The van der Waals surface area contributed by atoms with Crippen molar-refractivity contribution in [3.63, 3.8) is 0 Å². The molecule has 2 aliphatic rings. The van der Waals surface area contributed by atoms with Crippen LogP contribution in [-0.4, -0.2) is 52.1 Å². The van der Waals surface area contributed by atoms with Crippen LogP contribution in [0.4, 0.5) is 0 Å². The first-order valence-electron chi connectivity index (χ1n) is 12.7. The summed E-state index contributed by atoms with van der Waals surface area (Å²) in [4.78, 5) is 14.9. The predicted octanol–water partition coefficient (Wildman–Crippen LogP) is 4.59. The minimum absolute atomic E-state index is 0.183. The first kappa shape index (κ1) is 24.2. The summed E-state index contributed by atoms with van der Waals surface area (Å²) in [5.41, 5.74) is 6.46. The van der Waals surface area contributed by atoms with Crippen LogP contribution in [0.15, 0.2) is 53.9 Å². The molecule has 0 spiro atoms. The van der Waals surface area contributed by atoms with Gasteiger partial charge in [-0.15, -0.1) is 0 Å². The number of likely N-dealkylation sites (tertiary alicyclic amines) is 1. The summed E-state index contributed by atoms with van der Waals surface area (Å²) in [6, 6.07) is 17.4. The van der Waals surface area contributed by atoms with Gasteiger partial charge in [0.1, 0.15) is 0 Å². The Balaban J connectivity index is 1.27. The van der Waals surface area contributed by atoms with Crippen LogP contribution in [0.25, 0.3) is 11.3 Å². The minimum Gasteiger partial charge on any atom is -0.389 e. The lowest BCUT2D eigenvalue weighted by atomic mass is 9.82. The van der Waals surface area contributed by atoms with Crippen LogP contribution in [0.1, 0.15) is 54.4 Å². The summed E-state index contributed by atoms with van der Waals surface area (Å²) >= 11 is 1.46. The highest BCUT2D eigenvalue weighted by molar-refractivity contribution is 7.03. The molecule has 1 saturated heterocycles. The molecule has 3 aromatic rings. The van der Waals surface area contributed by atoms with Crippen molar-refractivity contribution in [2.24, 2.45) is 0 Å². The van der Waals surface area contributed by atoms with Gasteiger partial charge in [0, 0.05) is 42.9 Å². The molecule has 0 radical (unpaired) electrons. The second-order valence-corrected chi connectivity index (χ2v) is 11.0. The van der Waals surface area contributed by atoms with Crippen molar-refractivity contribution >= 4 is 17.4 Å². The molecule has 1 aromatic heterocycles. The molecule has 6 heteroatoms. The molecular weight excluding hydrogens is 454 g/mol. The number of fused-ring (bicyclic) bond motifs is 1. The number of likely N-dealkylation sites (N-methyl/N-ethyl adjacent to an activating group) is 1. The Hall–Kier alpha value is -2.54. The van der Waals surface area contributed by atoms with Gasteiger partial charge in [0.2, 0.25) is 5.91 Å². The SMILES string of the molecule is CNC1Cc2cc(CC3(O)CCN(C(=O)CC(C)c4ccccc4)CC3)c(-c3ccsn3)cc2C1. The minimum atomic E-state index is -0.804. The van der Waals surface area contributed by atoms with Crippen LogP contribution in [0.3, 0.4) is 0 Å². The molecule has 2 N–H and O–H groups in total. The van der Waals surface area contributed by atoms with Crippen LogP contribution < -0.4 is 5.32 Å². The number of hydrogen-bond donors (Lipinski definition) is 2. The summed E-state index contributed by atoms with van der Waals surface area (Å²) in [5.74, 6) is 0.375. The van der Waals surface area contributed by atoms with Crippen LogP contribution in [-0.2, 0) is 24.1 Å². The third-order valence-electron chi connectivity index (χ3n) is 7.90. The first-order valence-corrected chi connectivity index (χ1v) is 13.6. The molecule has 35 heavy (non-hydrogen) atoms. The second kappa shape index (κ2) is 10.2. The Morgan fingerprint density at radius 1 is 1.17 bits per heavy atom. The lowest BCUT2D eigenvalue weighted by Gasteiger charge is -2.39. The van der Waals surface area contributed by atoms with Crippen molar-refractivity contribution in [3.8, 4) is 11.3 Å². The molecule has 0 saturated carbocycles. The number of carbonyl (C=O) groups excluding carboxylic acids is 1. The van der Waals surface area contributed by atoms with Crippen molar-refractivity contribution in [1.29, 1.82) is 0 Å². The number of amides is 1. The number of nitrogens with one attached hydrogen (secondary N) is 1. The number of aromatic nitrogens is 1. The molecule has 2 atom stereocenters. The van der Waals surface area contributed by atoms with E-state index in [2.05, 4.69) is 46.9 Å². The highest BCUT2D eigenvalue weighted by Gasteiger charge is 2.35. The average molecular weight is 490 g/mol. The smallest absolute Gasteiger partial charge is 0.223 e. The maximum atomic E-state index is 13.0. The van der Waals surface area contributed by atoms with Crippen molar-refractivity contribution in [1.82, 2.24) is 14.6 Å². The molecule has 1 amide bonds. The molecule has 5 nitrogen and oxygen atoms in total. The molecule has 184 valence electrons.